The van der Waals surface area contributed by atoms with Crippen LogP contribution >= 0.6 is 0 Å². The highest BCUT2D eigenvalue weighted by Crippen LogP contribution is 2.30. The summed E-state index contributed by atoms with van der Waals surface area (Å²) in [6.45, 7) is -0.927. The lowest BCUT2D eigenvalue weighted by atomic mass is 10.1. The monoisotopic (exact) mass is 331 g/mol. The van der Waals surface area contributed by atoms with Gasteiger partial charge in [-0.15, -0.1) is 0 Å². The molecule has 0 atom stereocenters. The van der Waals surface area contributed by atoms with E-state index in [4.69, 9.17) is 4.74 Å². The fraction of sp³-hybridized carbons (Fsp3) is 0.429. The van der Waals surface area contributed by atoms with Crippen LogP contribution in [0.15, 0.2) is 18.2 Å². The van der Waals surface area contributed by atoms with Crippen molar-refractivity contribution in [2.75, 3.05) is 37.0 Å². The molecule has 2 N–H and O–H groups in total. The molecule has 1 aliphatic heterocycles. The molecule has 1 heterocycles. The second-order valence-electron chi connectivity index (χ2n) is 4.99. The maximum atomic E-state index is 12.0. The maximum Gasteiger partial charge on any atom is 0.405 e. The molecular weight excluding hydrogens is 315 g/mol. The number of nitrogens with one attached hydrogen (secondary N) is 2. The Kier molecular flexibility index (Phi) is 5.09. The fourth-order valence-electron chi connectivity index (χ4n) is 2.30. The average Bonchev–Trinajstić information content (AvgIpc) is 2.88. The minimum Gasteiger partial charge on any atom is -0.375 e. The van der Waals surface area contributed by atoms with Gasteiger partial charge in [-0.3, -0.25) is 4.79 Å². The molecular formula is C14H16F3N3O3. The van der Waals surface area contributed by atoms with Crippen molar-refractivity contribution in [2.45, 2.75) is 12.6 Å². The Morgan fingerprint density at radius 3 is 2.74 bits per heavy atom. The summed E-state index contributed by atoms with van der Waals surface area (Å²) >= 11 is 0. The van der Waals surface area contributed by atoms with Gasteiger partial charge in [0.05, 0.1) is 0 Å². The Morgan fingerprint density at radius 2 is 2.09 bits per heavy atom. The molecule has 1 aromatic rings. The van der Waals surface area contributed by atoms with Gasteiger partial charge < -0.3 is 20.3 Å². The first kappa shape index (κ1) is 17.1. The number of nitrogens with zero attached hydrogens (tertiary/aromatic N) is 1. The van der Waals surface area contributed by atoms with Gasteiger partial charge in [0.1, 0.15) is 13.2 Å². The molecule has 2 rings (SSSR count). The van der Waals surface area contributed by atoms with Gasteiger partial charge in [-0.1, -0.05) is 0 Å². The topological polar surface area (TPSA) is 70.7 Å². The highest BCUT2D eigenvalue weighted by molar-refractivity contribution is 5.97. The predicted octanol–water partition coefficient (Wildman–Crippen LogP) is 1.91. The smallest absolute Gasteiger partial charge is 0.375 e. The van der Waals surface area contributed by atoms with Gasteiger partial charge in [0.25, 0.3) is 5.91 Å². The molecule has 0 unspecified atom stereocenters. The van der Waals surface area contributed by atoms with E-state index in [1.54, 1.807) is 22.3 Å². The van der Waals surface area contributed by atoms with E-state index >= 15 is 0 Å². The molecule has 0 radical (unpaired) electrons. The minimum atomic E-state index is -4.46. The number of fused-ring (bicyclic) bond motifs is 1. The first-order valence-corrected chi connectivity index (χ1v) is 6.84. The summed E-state index contributed by atoms with van der Waals surface area (Å²) in [5.41, 5.74) is 1.92. The summed E-state index contributed by atoms with van der Waals surface area (Å²) < 4.78 is 40.9. The molecule has 0 aromatic heterocycles. The number of carbonyl (C=O) groups is 2. The molecule has 0 fully saturated rings. The number of urea groups is 1. The maximum absolute atomic E-state index is 12.0. The molecule has 1 aromatic carbocycles. The second kappa shape index (κ2) is 6.86. The molecule has 3 amide bonds. The molecule has 126 valence electrons. The zero-order valence-electron chi connectivity index (χ0n) is 12.4. The zero-order valence-corrected chi connectivity index (χ0v) is 12.4. The molecule has 0 saturated carbocycles. The van der Waals surface area contributed by atoms with Crippen LogP contribution in [-0.2, 0) is 16.0 Å². The van der Waals surface area contributed by atoms with Crippen molar-refractivity contribution < 1.29 is 27.5 Å². The van der Waals surface area contributed by atoms with Gasteiger partial charge in [0, 0.05) is 25.0 Å². The third-order valence-corrected chi connectivity index (χ3v) is 3.25. The van der Waals surface area contributed by atoms with E-state index in [1.807, 2.05) is 0 Å². The first-order valence-electron chi connectivity index (χ1n) is 6.84. The molecule has 0 saturated heterocycles. The molecule has 0 bridgehead atoms. The number of carbonyl (C=O) groups excluding carboxylic acids is 2. The molecule has 9 heteroatoms. The number of amides is 3. The zero-order chi connectivity index (χ0) is 17.0. The lowest BCUT2D eigenvalue weighted by Gasteiger charge is -2.17. The number of ether oxygens (including phenoxy) is 1. The summed E-state index contributed by atoms with van der Waals surface area (Å²) in [4.78, 5) is 24.9. The average molecular weight is 331 g/mol. The van der Waals surface area contributed by atoms with Crippen molar-refractivity contribution in [3.63, 3.8) is 0 Å². The van der Waals surface area contributed by atoms with Crippen molar-refractivity contribution in [1.29, 1.82) is 0 Å². The number of anilines is 2. The van der Waals surface area contributed by atoms with E-state index in [0.29, 0.717) is 24.3 Å². The summed E-state index contributed by atoms with van der Waals surface area (Å²) in [5.74, 6) is -0.171. The molecule has 6 nitrogen and oxygen atoms in total. The van der Waals surface area contributed by atoms with Crippen LogP contribution in [-0.4, -0.2) is 44.9 Å². The van der Waals surface area contributed by atoms with Crippen molar-refractivity contribution >= 4 is 23.3 Å². The number of halogens is 3. The normalized spacial score (nSPS) is 13.7. The molecule has 1 aliphatic rings. The predicted molar refractivity (Wildman–Crippen MR) is 77.5 cm³/mol. The summed E-state index contributed by atoms with van der Waals surface area (Å²) in [5, 5.41) is 4.06. The standard InChI is InChI=1S/C14H16F3N3O3/c1-23-7-12(21)20-5-4-9-6-10(2-3-11(9)20)19-13(22)18-8-14(15,16)17/h2-3,6H,4-5,7-8H2,1H3,(H2,18,19,22). The number of methoxy groups -OCH3 is 1. The molecule has 23 heavy (non-hydrogen) atoms. The third kappa shape index (κ3) is 4.59. The van der Waals surface area contributed by atoms with Crippen LogP contribution in [0, 0.1) is 0 Å². The van der Waals surface area contributed by atoms with E-state index in [9.17, 15) is 22.8 Å². The SMILES string of the molecule is COCC(=O)N1CCc2cc(NC(=O)NCC(F)(F)F)ccc21. The number of hydrogen-bond acceptors (Lipinski definition) is 3. The quantitative estimate of drug-likeness (QED) is 0.885. The van der Waals surface area contributed by atoms with Gasteiger partial charge in [0.15, 0.2) is 0 Å². The number of rotatable bonds is 4. The highest BCUT2D eigenvalue weighted by atomic mass is 19.4. The van der Waals surface area contributed by atoms with Crippen LogP contribution in [0.25, 0.3) is 0 Å². The summed E-state index contributed by atoms with van der Waals surface area (Å²) in [7, 11) is 1.43. The van der Waals surface area contributed by atoms with Gasteiger partial charge >= 0.3 is 12.2 Å². The van der Waals surface area contributed by atoms with Crippen molar-refractivity contribution in [1.82, 2.24) is 5.32 Å². The summed E-state index contributed by atoms with van der Waals surface area (Å²) in [6.07, 6.45) is -3.86. The third-order valence-electron chi connectivity index (χ3n) is 3.25. The molecule has 0 aliphatic carbocycles. The van der Waals surface area contributed by atoms with Gasteiger partial charge in [0.2, 0.25) is 0 Å². The number of alkyl halides is 3. The minimum absolute atomic E-state index is 0.0285. The Morgan fingerprint density at radius 1 is 1.35 bits per heavy atom. The van der Waals surface area contributed by atoms with Crippen LogP contribution in [0.2, 0.25) is 0 Å². The van der Waals surface area contributed by atoms with E-state index < -0.39 is 18.8 Å². The Bertz CT molecular complexity index is 605. The Labute approximate surface area is 130 Å². The lowest BCUT2D eigenvalue weighted by molar-refractivity contribution is -0.123. The van der Waals surface area contributed by atoms with Gasteiger partial charge in [-0.05, 0) is 30.2 Å². The van der Waals surface area contributed by atoms with Crippen LogP contribution in [0.4, 0.5) is 29.3 Å². The largest absolute Gasteiger partial charge is 0.405 e. The van der Waals surface area contributed by atoms with Crippen molar-refractivity contribution in [2.24, 2.45) is 0 Å². The van der Waals surface area contributed by atoms with Gasteiger partial charge in [-0.2, -0.15) is 13.2 Å². The Hall–Kier alpha value is -2.29. The van der Waals surface area contributed by atoms with Crippen molar-refractivity contribution in [3.8, 4) is 0 Å². The summed E-state index contributed by atoms with van der Waals surface area (Å²) in [6, 6.07) is 3.88. The number of hydrogen-bond donors (Lipinski definition) is 2. The highest BCUT2D eigenvalue weighted by Gasteiger charge is 2.28. The van der Waals surface area contributed by atoms with E-state index in [-0.39, 0.29) is 12.5 Å². The van der Waals surface area contributed by atoms with Gasteiger partial charge in [-0.25, -0.2) is 4.79 Å². The van der Waals surface area contributed by atoms with Crippen LogP contribution in [0.3, 0.4) is 0 Å². The van der Waals surface area contributed by atoms with Crippen LogP contribution < -0.4 is 15.5 Å². The van der Waals surface area contributed by atoms with E-state index in [2.05, 4.69) is 5.32 Å². The fourth-order valence-corrected chi connectivity index (χ4v) is 2.30. The Balaban J connectivity index is 2.00. The van der Waals surface area contributed by atoms with Crippen LogP contribution in [0.5, 0.6) is 0 Å². The second-order valence-corrected chi connectivity index (χ2v) is 4.99. The van der Waals surface area contributed by atoms with Crippen molar-refractivity contribution in [3.05, 3.63) is 23.8 Å². The molecule has 0 spiro atoms. The van der Waals surface area contributed by atoms with Crippen LogP contribution in [0.1, 0.15) is 5.56 Å². The van der Waals surface area contributed by atoms with E-state index in [1.165, 1.54) is 13.2 Å². The van der Waals surface area contributed by atoms with E-state index in [0.717, 1.165) is 5.56 Å². The number of benzene rings is 1. The first-order chi connectivity index (χ1) is 10.8. The lowest BCUT2D eigenvalue weighted by Crippen LogP contribution is -2.36.